The summed E-state index contributed by atoms with van der Waals surface area (Å²) in [6.45, 7) is 3.64. The molecule has 0 fully saturated rings. The van der Waals surface area contributed by atoms with Crippen molar-refractivity contribution in [1.29, 1.82) is 0 Å². The number of hydrogen-bond acceptors (Lipinski definition) is 2. The van der Waals surface area contributed by atoms with Crippen LogP contribution in [0.15, 0.2) is 0 Å². The minimum Gasteiger partial charge on any atom is -0.481 e. The van der Waals surface area contributed by atoms with Crippen molar-refractivity contribution in [1.82, 2.24) is 0 Å². The molecule has 76 valence electrons. The fourth-order valence-corrected chi connectivity index (χ4v) is 1.24. The zero-order chi connectivity index (χ0) is 10.6. The van der Waals surface area contributed by atoms with Crippen molar-refractivity contribution in [2.75, 3.05) is 0 Å². The molecule has 0 radical (unpaired) electrons. The highest BCUT2D eigenvalue weighted by molar-refractivity contribution is 6.30. The van der Waals surface area contributed by atoms with Crippen LogP contribution in [0.3, 0.4) is 0 Å². The smallest absolute Gasteiger partial charge is 0.322 e. The Morgan fingerprint density at radius 1 is 1.23 bits per heavy atom. The second-order valence-electron chi connectivity index (χ2n) is 3.31. The molecule has 4 nitrogen and oxygen atoms in total. The van der Waals surface area contributed by atoms with E-state index in [1.54, 1.807) is 0 Å². The van der Waals surface area contributed by atoms with Crippen LogP contribution in [0.2, 0.25) is 0 Å². The summed E-state index contributed by atoms with van der Waals surface area (Å²) >= 11 is 5.44. The van der Waals surface area contributed by atoms with Gasteiger partial charge >= 0.3 is 11.9 Å². The first kappa shape index (κ1) is 12.2. The quantitative estimate of drug-likeness (QED) is 0.671. The third-order valence-corrected chi connectivity index (χ3v) is 2.12. The molecule has 13 heavy (non-hydrogen) atoms. The summed E-state index contributed by atoms with van der Waals surface area (Å²) in [5, 5.41) is 15.9. The molecule has 2 N–H and O–H groups in total. The van der Waals surface area contributed by atoms with Crippen LogP contribution in [0, 0.1) is 11.8 Å². The first-order valence-electron chi connectivity index (χ1n) is 3.96. The van der Waals surface area contributed by atoms with Crippen LogP contribution < -0.4 is 0 Å². The summed E-state index contributed by atoms with van der Waals surface area (Å²) in [7, 11) is 0. The molecular formula is C8H13ClO4. The number of carboxylic acids is 2. The van der Waals surface area contributed by atoms with Crippen molar-refractivity contribution < 1.29 is 19.8 Å². The van der Waals surface area contributed by atoms with Gasteiger partial charge in [-0.3, -0.25) is 9.59 Å². The normalized spacial score (nSPS) is 15.4. The Morgan fingerprint density at radius 2 is 1.69 bits per heavy atom. The second kappa shape index (κ2) is 5.07. The zero-order valence-corrected chi connectivity index (χ0v) is 8.28. The summed E-state index contributed by atoms with van der Waals surface area (Å²) < 4.78 is 0. The monoisotopic (exact) mass is 208 g/mol. The van der Waals surface area contributed by atoms with Crippen LogP contribution in [-0.2, 0) is 9.59 Å². The Bertz CT molecular complexity index is 202. The van der Waals surface area contributed by atoms with Crippen LogP contribution in [-0.4, -0.2) is 27.5 Å². The van der Waals surface area contributed by atoms with Crippen molar-refractivity contribution in [3.63, 3.8) is 0 Å². The van der Waals surface area contributed by atoms with E-state index in [4.69, 9.17) is 21.8 Å². The lowest BCUT2D eigenvalue weighted by atomic mass is 9.94. The minimum absolute atomic E-state index is 0.113. The van der Waals surface area contributed by atoms with Crippen LogP contribution in [0.4, 0.5) is 0 Å². The lowest BCUT2D eigenvalue weighted by Crippen LogP contribution is -2.31. The molecule has 0 spiro atoms. The van der Waals surface area contributed by atoms with Crippen molar-refractivity contribution >= 4 is 23.5 Å². The summed E-state index contributed by atoms with van der Waals surface area (Å²) in [6, 6.07) is 0. The van der Waals surface area contributed by atoms with Gasteiger partial charge < -0.3 is 10.2 Å². The van der Waals surface area contributed by atoms with Gasteiger partial charge in [0.25, 0.3) is 0 Å². The molecule has 0 aromatic heterocycles. The molecule has 0 saturated heterocycles. The standard InChI is InChI=1S/C8H13ClO4/c1-4(2)3-5(7(10)11)6(9)8(12)13/h4-6H,3H2,1-2H3,(H,10,11)(H,12,13)/t5-,6-/m1/s1. The third kappa shape index (κ3) is 4.12. The molecule has 0 aromatic rings. The van der Waals surface area contributed by atoms with Crippen LogP contribution >= 0.6 is 11.6 Å². The molecule has 0 unspecified atom stereocenters. The van der Waals surface area contributed by atoms with Gasteiger partial charge in [0, 0.05) is 0 Å². The number of alkyl halides is 1. The predicted octanol–water partition coefficient (Wildman–Crippen LogP) is 1.43. The fraction of sp³-hybridized carbons (Fsp3) is 0.750. The Labute approximate surface area is 81.5 Å². The second-order valence-corrected chi connectivity index (χ2v) is 3.78. The van der Waals surface area contributed by atoms with E-state index in [0.717, 1.165) is 0 Å². The van der Waals surface area contributed by atoms with Gasteiger partial charge in [0.15, 0.2) is 0 Å². The van der Waals surface area contributed by atoms with Crippen molar-refractivity contribution in [3.05, 3.63) is 0 Å². The largest absolute Gasteiger partial charge is 0.481 e. The van der Waals surface area contributed by atoms with E-state index in [-0.39, 0.29) is 12.3 Å². The van der Waals surface area contributed by atoms with Crippen LogP contribution in [0.25, 0.3) is 0 Å². The Balaban J connectivity index is 4.42. The average Bonchev–Trinajstić information content (AvgIpc) is 1.97. The number of carbonyl (C=O) groups is 2. The van der Waals surface area contributed by atoms with Gasteiger partial charge in [0.1, 0.15) is 5.38 Å². The fourth-order valence-electron chi connectivity index (χ4n) is 1.03. The molecule has 0 bridgehead atoms. The van der Waals surface area contributed by atoms with Gasteiger partial charge in [-0.05, 0) is 12.3 Å². The summed E-state index contributed by atoms with van der Waals surface area (Å²) in [5.74, 6) is -3.34. The van der Waals surface area contributed by atoms with Gasteiger partial charge in [0.05, 0.1) is 5.92 Å². The maximum atomic E-state index is 10.6. The molecule has 0 saturated carbocycles. The Morgan fingerprint density at radius 3 is 1.92 bits per heavy atom. The lowest BCUT2D eigenvalue weighted by Gasteiger charge is -2.16. The number of rotatable bonds is 5. The molecule has 5 heteroatoms. The molecule has 2 atom stereocenters. The molecule has 0 aliphatic carbocycles. The summed E-state index contributed by atoms with van der Waals surface area (Å²) in [4.78, 5) is 21.1. The van der Waals surface area contributed by atoms with E-state index in [2.05, 4.69) is 0 Å². The molecular weight excluding hydrogens is 196 g/mol. The van der Waals surface area contributed by atoms with E-state index in [1.807, 2.05) is 13.8 Å². The molecule has 0 aromatic carbocycles. The number of halogens is 1. The topological polar surface area (TPSA) is 74.6 Å². The van der Waals surface area contributed by atoms with Gasteiger partial charge in [0.2, 0.25) is 0 Å². The number of hydrogen-bond donors (Lipinski definition) is 2. The van der Waals surface area contributed by atoms with Crippen molar-refractivity contribution in [3.8, 4) is 0 Å². The molecule has 0 aliphatic rings. The highest BCUT2D eigenvalue weighted by Gasteiger charge is 2.32. The predicted molar refractivity (Wildman–Crippen MR) is 47.9 cm³/mol. The van der Waals surface area contributed by atoms with Gasteiger partial charge in [-0.2, -0.15) is 0 Å². The van der Waals surface area contributed by atoms with E-state index in [9.17, 15) is 9.59 Å². The lowest BCUT2D eigenvalue weighted by molar-refractivity contribution is -0.148. The van der Waals surface area contributed by atoms with Crippen LogP contribution in [0.1, 0.15) is 20.3 Å². The number of aliphatic carboxylic acids is 2. The highest BCUT2D eigenvalue weighted by atomic mass is 35.5. The third-order valence-electron chi connectivity index (χ3n) is 1.63. The first-order valence-corrected chi connectivity index (χ1v) is 4.39. The van der Waals surface area contributed by atoms with E-state index in [0.29, 0.717) is 0 Å². The summed E-state index contributed by atoms with van der Waals surface area (Å²) in [6.07, 6.45) is 0.274. The maximum absolute atomic E-state index is 10.6. The van der Waals surface area contributed by atoms with E-state index in [1.165, 1.54) is 0 Å². The first-order chi connectivity index (χ1) is 5.86. The SMILES string of the molecule is CC(C)C[C@@H](C(=O)O)[C@@H](Cl)C(=O)O. The molecule has 0 heterocycles. The zero-order valence-electron chi connectivity index (χ0n) is 7.53. The van der Waals surface area contributed by atoms with Crippen molar-refractivity contribution in [2.45, 2.75) is 25.6 Å². The molecule has 0 aliphatic heterocycles. The Kier molecular flexibility index (Phi) is 4.77. The number of carboxylic acid groups (broad SMARTS) is 2. The average molecular weight is 209 g/mol. The van der Waals surface area contributed by atoms with Crippen LogP contribution in [0.5, 0.6) is 0 Å². The van der Waals surface area contributed by atoms with Gasteiger partial charge in [-0.25, -0.2) is 0 Å². The molecule has 0 rings (SSSR count). The van der Waals surface area contributed by atoms with E-state index < -0.39 is 23.2 Å². The Hall–Kier alpha value is -0.770. The summed E-state index contributed by atoms with van der Waals surface area (Å²) in [5.41, 5.74) is 0. The van der Waals surface area contributed by atoms with Crippen molar-refractivity contribution in [2.24, 2.45) is 11.8 Å². The highest BCUT2D eigenvalue weighted by Crippen LogP contribution is 2.20. The van der Waals surface area contributed by atoms with E-state index >= 15 is 0 Å². The maximum Gasteiger partial charge on any atom is 0.322 e. The minimum atomic E-state index is -1.35. The van der Waals surface area contributed by atoms with Gasteiger partial charge in [-0.15, -0.1) is 11.6 Å². The van der Waals surface area contributed by atoms with Gasteiger partial charge in [-0.1, -0.05) is 13.8 Å². The molecule has 0 amide bonds.